The lowest BCUT2D eigenvalue weighted by atomic mass is 9.73. The highest BCUT2D eigenvalue weighted by molar-refractivity contribution is 7.99. The zero-order valence-electron chi connectivity index (χ0n) is 17.6. The first-order valence-corrected chi connectivity index (χ1v) is 11.6. The largest absolute Gasteiger partial charge is 0.382 e. The highest BCUT2D eigenvalue weighted by atomic mass is 35.5. The van der Waals surface area contributed by atoms with Gasteiger partial charge >= 0.3 is 0 Å². The molecule has 3 aromatic heterocycles. The molecule has 0 saturated carbocycles. The summed E-state index contributed by atoms with van der Waals surface area (Å²) in [5.41, 5.74) is 14.3. The predicted octanol–water partition coefficient (Wildman–Crippen LogP) is 3.15. The maximum absolute atomic E-state index is 6.49. The Balaban J connectivity index is 1.45. The second kappa shape index (κ2) is 7.81. The van der Waals surface area contributed by atoms with Crippen molar-refractivity contribution in [3.63, 3.8) is 0 Å². The summed E-state index contributed by atoms with van der Waals surface area (Å²) in [6.07, 6.45) is 5.59. The number of nitrogen functional groups attached to an aromatic ring is 1. The summed E-state index contributed by atoms with van der Waals surface area (Å²) in [7, 11) is 0. The number of aromatic nitrogens is 4. The van der Waals surface area contributed by atoms with E-state index in [4.69, 9.17) is 32.8 Å². The van der Waals surface area contributed by atoms with Crippen LogP contribution in [0.25, 0.3) is 5.52 Å². The Bertz CT molecular complexity index is 1130. The number of fused-ring (bicyclic) bond motifs is 1. The van der Waals surface area contributed by atoms with Crippen molar-refractivity contribution < 1.29 is 4.74 Å². The van der Waals surface area contributed by atoms with E-state index in [2.05, 4.69) is 21.9 Å². The smallest absolute Gasteiger partial charge is 0.155 e. The highest BCUT2D eigenvalue weighted by Crippen LogP contribution is 2.43. The molecular formula is C21H26ClN7OS. The minimum Gasteiger partial charge on any atom is -0.382 e. The van der Waals surface area contributed by atoms with Gasteiger partial charge in [-0.05, 0) is 38.8 Å². The molecule has 0 unspecified atom stereocenters. The zero-order valence-corrected chi connectivity index (χ0v) is 19.2. The third-order valence-corrected chi connectivity index (χ3v) is 8.37. The molecule has 31 heavy (non-hydrogen) atoms. The minimum atomic E-state index is 0.0787. The molecule has 4 N–H and O–H groups in total. The van der Waals surface area contributed by atoms with Gasteiger partial charge < -0.3 is 21.1 Å². The summed E-state index contributed by atoms with van der Waals surface area (Å²) in [5.74, 6) is 1.27. The SMILES string of the molecule is Cc1nc(N2CCC3(CC2)CO[C@@H](C)[C@H]3N)c2ccnn2c1Sc1ccnc(N)c1Cl. The Hall–Kier alpha value is -2.07. The van der Waals surface area contributed by atoms with E-state index in [1.54, 1.807) is 12.4 Å². The summed E-state index contributed by atoms with van der Waals surface area (Å²) in [4.78, 5) is 12.2. The van der Waals surface area contributed by atoms with Gasteiger partial charge in [0, 0.05) is 35.6 Å². The van der Waals surface area contributed by atoms with Crippen molar-refractivity contribution >= 4 is 40.5 Å². The van der Waals surface area contributed by atoms with Gasteiger partial charge in [0.05, 0.1) is 29.6 Å². The summed E-state index contributed by atoms with van der Waals surface area (Å²) >= 11 is 7.86. The highest BCUT2D eigenvalue weighted by Gasteiger charge is 2.47. The van der Waals surface area contributed by atoms with Crippen molar-refractivity contribution in [3.05, 3.63) is 35.2 Å². The first-order valence-electron chi connectivity index (χ1n) is 10.4. The Labute approximate surface area is 190 Å². The van der Waals surface area contributed by atoms with E-state index >= 15 is 0 Å². The summed E-state index contributed by atoms with van der Waals surface area (Å²) in [6, 6.07) is 3.95. The van der Waals surface area contributed by atoms with Gasteiger partial charge in [-0.25, -0.2) is 14.5 Å². The lowest BCUT2D eigenvalue weighted by Gasteiger charge is -2.41. The molecule has 2 saturated heterocycles. The minimum absolute atomic E-state index is 0.0787. The van der Waals surface area contributed by atoms with Gasteiger partial charge in [0.2, 0.25) is 0 Å². The molecule has 2 fully saturated rings. The monoisotopic (exact) mass is 459 g/mol. The fourth-order valence-electron chi connectivity index (χ4n) is 4.66. The van der Waals surface area contributed by atoms with Crippen LogP contribution < -0.4 is 16.4 Å². The Morgan fingerprint density at radius 2 is 2.03 bits per heavy atom. The van der Waals surface area contributed by atoms with E-state index in [0.717, 1.165) is 59.5 Å². The van der Waals surface area contributed by atoms with E-state index in [1.165, 1.54) is 11.8 Å². The summed E-state index contributed by atoms with van der Waals surface area (Å²) in [6.45, 7) is 6.63. The topological polar surface area (TPSA) is 108 Å². The molecule has 0 radical (unpaired) electrons. The number of hydrogen-bond acceptors (Lipinski definition) is 8. The van der Waals surface area contributed by atoms with Crippen LogP contribution in [0, 0.1) is 12.3 Å². The quantitative estimate of drug-likeness (QED) is 0.615. The second-order valence-electron chi connectivity index (χ2n) is 8.46. The van der Waals surface area contributed by atoms with Crippen molar-refractivity contribution in [3.8, 4) is 0 Å². The van der Waals surface area contributed by atoms with E-state index < -0.39 is 0 Å². The van der Waals surface area contributed by atoms with Crippen molar-refractivity contribution in [2.45, 2.75) is 48.8 Å². The maximum atomic E-state index is 6.49. The van der Waals surface area contributed by atoms with E-state index in [9.17, 15) is 0 Å². The number of anilines is 2. The van der Waals surface area contributed by atoms with Crippen molar-refractivity contribution in [1.82, 2.24) is 19.6 Å². The van der Waals surface area contributed by atoms with E-state index in [-0.39, 0.29) is 17.6 Å². The average Bonchev–Trinajstić information content (AvgIpc) is 3.35. The van der Waals surface area contributed by atoms with Crippen LogP contribution in [0.3, 0.4) is 0 Å². The lowest BCUT2D eigenvalue weighted by molar-refractivity contribution is 0.0974. The molecule has 5 rings (SSSR count). The van der Waals surface area contributed by atoms with Crippen molar-refractivity contribution in [2.75, 3.05) is 30.3 Å². The van der Waals surface area contributed by atoms with Crippen LogP contribution in [0.1, 0.15) is 25.5 Å². The Morgan fingerprint density at radius 1 is 1.26 bits per heavy atom. The fourth-order valence-corrected chi connectivity index (χ4v) is 5.85. The summed E-state index contributed by atoms with van der Waals surface area (Å²) in [5, 5.41) is 5.93. The van der Waals surface area contributed by atoms with Crippen LogP contribution >= 0.6 is 23.4 Å². The average molecular weight is 460 g/mol. The first-order chi connectivity index (χ1) is 14.9. The summed E-state index contributed by atoms with van der Waals surface area (Å²) < 4.78 is 7.80. The Kier molecular flexibility index (Phi) is 5.24. The van der Waals surface area contributed by atoms with Crippen LogP contribution in [0.2, 0.25) is 5.02 Å². The normalized spacial score (nSPS) is 23.2. The standard InChI is InChI=1S/C21H26ClN7OS/c1-12-20(31-15-4-7-25-18(24)16(15)22)29-14(3-8-26-29)19(27-12)28-9-5-21(6-10-28)11-30-13(2)17(21)23/h3-4,7-8,13,17H,5-6,9-11,23H2,1-2H3,(H2,24,25)/t13-,17+/m0/s1. The molecule has 3 aromatic rings. The van der Waals surface area contributed by atoms with Crippen LogP contribution in [0.15, 0.2) is 34.4 Å². The van der Waals surface area contributed by atoms with Crippen molar-refractivity contribution in [2.24, 2.45) is 11.1 Å². The number of aryl methyl sites for hydroxylation is 1. The van der Waals surface area contributed by atoms with Gasteiger partial charge in [-0.3, -0.25) is 0 Å². The number of nitrogens with two attached hydrogens (primary N) is 2. The van der Waals surface area contributed by atoms with Gasteiger partial charge in [0.15, 0.2) is 5.82 Å². The number of halogens is 1. The van der Waals surface area contributed by atoms with Gasteiger partial charge in [-0.15, -0.1) is 0 Å². The first kappa shape index (κ1) is 20.8. The zero-order chi connectivity index (χ0) is 21.8. The molecule has 0 aliphatic carbocycles. The number of nitrogens with zero attached hydrogens (tertiary/aromatic N) is 5. The number of ether oxygens (including phenoxy) is 1. The molecule has 1 spiro atoms. The number of piperidine rings is 1. The predicted molar refractivity (Wildman–Crippen MR) is 123 cm³/mol. The number of rotatable bonds is 3. The third-order valence-electron chi connectivity index (χ3n) is 6.64. The molecule has 0 bridgehead atoms. The van der Waals surface area contributed by atoms with Gasteiger partial charge in [0.1, 0.15) is 16.4 Å². The van der Waals surface area contributed by atoms with Crippen molar-refractivity contribution in [1.29, 1.82) is 0 Å². The maximum Gasteiger partial charge on any atom is 0.155 e. The van der Waals surface area contributed by atoms with Gasteiger partial charge in [-0.1, -0.05) is 23.4 Å². The molecule has 2 aliphatic heterocycles. The lowest BCUT2D eigenvalue weighted by Crippen LogP contribution is -2.50. The van der Waals surface area contributed by atoms with Crippen LogP contribution in [-0.2, 0) is 4.74 Å². The molecule has 2 aliphatic rings. The second-order valence-corrected chi connectivity index (χ2v) is 9.86. The van der Waals surface area contributed by atoms with Crippen LogP contribution in [-0.4, -0.2) is 51.4 Å². The molecule has 0 aromatic carbocycles. The van der Waals surface area contributed by atoms with Crippen LogP contribution in [0.5, 0.6) is 0 Å². The van der Waals surface area contributed by atoms with Gasteiger partial charge in [-0.2, -0.15) is 5.10 Å². The third kappa shape index (κ3) is 3.44. The molecule has 5 heterocycles. The molecule has 8 nitrogen and oxygen atoms in total. The van der Waals surface area contributed by atoms with Gasteiger partial charge in [0.25, 0.3) is 0 Å². The molecule has 2 atom stereocenters. The number of hydrogen-bond donors (Lipinski definition) is 2. The molecule has 10 heteroatoms. The fraction of sp³-hybridized carbons (Fsp3) is 0.476. The van der Waals surface area contributed by atoms with Crippen LogP contribution in [0.4, 0.5) is 11.6 Å². The Morgan fingerprint density at radius 3 is 2.74 bits per heavy atom. The molecular weight excluding hydrogens is 434 g/mol. The molecule has 0 amide bonds. The van der Waals surface area contributed by atoms with E-state index in [1.807, 2.05) is 23.6 Å². The number of pyridine rings is 1. The molecule has 164 valence electrons. The van der Waals surface area contributed by atoms with E-state index in [0.29, 0.717) is 10.8 Å².